The summed E-state index contributed by atoms with van der Waals surface area (Å²) in [5.74, 6) is -1.11. The third-order valence-electron chi connectivity index (χ3n) is 4.55. The lowest BCUT2D eigenvalue weighted by Gasteiger charge is -2.35. The van der Waals surface area contributed by atoms with Crippen LogP contribution in [0.1, 0.15) is 48.9 Å². The molecule has 0 spiro atoms. The van der Waals surface area contributed by atoms with E-state index in [4.69, 9.17) is 4.74 Å². The number of ether oxygens (including phenoxy) is 1. The molecule has 0 aliphatic carbocycles. The molecule has 1 rings (SSSR count). The zero-order valence-electron chi connectivity index (χ0n) is 14.9. The Kier molecular flexibility index (Phi) is 6.33. The summed E-state index contributed by atoms with van der Waals surface area (Å²) in [7, 11) is 1.26. The number of benzene rings is 1. The van der Waals surface area contributed by atoms with Gasteiger partial charge in [0.25, 0.3) is 5.91 Å². The number of hydroxylamine groups is 2. The second-order valence-electron chi connectivity index (χ2n) is 5.99. The smallest absolute Gasteiger partial charge is 0.334 e. The highest BCUT2D eigenvalue weighted by Gasteiger charge is 2.44. The number of rotatable bonds is 6. The van der Waals surface area contributed by atoms with E-state index in [-0.39, 0.29) is 19.3 Å². The van der Waals surface area contributed by atoms with Crippen LogP contribution in [0.15, 0.2) is 12.1 Å². The number of aryl methyl sites for hydroxylation is 3. The zero-order chi connectivity index (χ0) is 17.8. The van der Waals surface area contributed by atoms with Crippen molar-refractivity contribution in [3.8, 4) is 0 Å². The average Bonchev–Trinajstić information content (AvgIpc) is 2.51. The minimum absolute atomic E-state index is 0.0488. The molecule has 0 saturated heterocycles. The molecule has 1 aromatic rings. The van der Waals surface area contributed by atoms with Crippen molar-refractivity contribution in [3.63, 3.8) is 0 Å². The minimum atomic E-state index is -1.33. The lowest BCUT2D eigenvalue weighted by molar-refractivity contribution is -0.208. The maximum Gasteiger partial charge on any atom is 0.334 e. The van der Waals surface area contributed by atoms with Crippen molar-refractivity contribution in [1.29, 1.82) is 0 Å². The molecule has 0 aliphatic rings. The Balaban J connectivity index is 3.12. The summed E-state index contributed by atoms with van der Waals surface area (Å²) in [5.41, 5.74) is 2.67. The van der Waals surface area contributed by atoms with Crippen LogP contribution in [0.3, 0.4) is 0 Å². The first-order valence-corrected chi connectivity index (χ1v) is 7.90. The van der Waals surface area contributed by atoms with Crippen LogP contribution in [0.2, 0.25) is 0 Å². The maximum absolute atomic E-state index is 12.6. The number of hydrogen-bond acceptors (Lipinski definition) is 4. The number of carbonyl (C=O) groups excluding carboxylic acids is 2. The van der Waals surface area contributed by atoms with Gasteiger partial charge >= 0.3 is 5.97 Å². The summed E-state index contributed by atoms with van der Waals surface area (Å²) in [4.78, 5) is 24.7. The predicted molar refractivity (Wildman–Crippen MR) is 88.3 cm³/mol. The standard InChI is InChI=1S/C18H27NO4/c1-7-18(8-2,17(21)23-6)19(22)16(20)11-15-13(4)9-12(3)10-14(15)5/h9-10,22H,7-8,11H2,1-6H3. The van der Waals surface area contributed by atoms with E-state index in [0.717, 1.165) is 22.3 Å². The second kappa shape index (κ2) is 7.59. The number of methoxy groups -OCH3 is 1. The first kappa shape index (κ1) is 19.2. The van der Waals surface area contributed by atoms with Crippen LogP contribution in [-0.4, -0.2) is 34.8 Å². The van der Waals surface area contributed by atoms with E-state index < -0.39 is 17.4 Å². The van der Waals surface area contributed by atoms with Gasteiger partial charge in [0, 0.05) is 0 Å². The van der Waals surface area contributed by atoms with E-state index in [1.54, 1.807) is 13.8 Å². The van der Waals surface area contributed by atoms with Gasteiger partial charge in [0.15, 0.2) is 5.54 Å². The van der Waals surface area contributed by atoms with Gasteiger partial charge in [-0.25, -0.2) is 9.86 Å². The lowest BCUT2D eigenvalue weighted by Crippen LogP contribution is -2.55. The SMILES string of the molecule is CCC(CC)(C(=O)OC)N(O)C(=O)Cc1c(C)cc(C)cc1C. The van der Waals surface area contributed by atoms with Gasteiger partial charge in [-0.15, -0.1) is 0 Å². The number of esters is 1. The van der Waals surface area contributed by atoms with E-state index >= 15 is 0 Å². The molecule has 0 aliphatic heterocycles. The summed E-state index contributed by atoms with van der Waals surface area (Å²) in [6.07, 6.45) is 0.613. The highest BCUT2D eigenvalue weighted by atomic mass is 16.6. The number of nitrogens with zero attached hydrogens (tertiary/aromatic N) is 1. The van der Waals surface area contributed by atoms with Crippen LogP contribution in [0.4, 0.5) is 0 Å². The van der Waals surface area contributed by atoms with Crippen LogP contribution >= 0.6 is 0 Å². The van der Waals surface area contributed by atoms with E-state index in [1.165, 1.54) is 7.11 Å². The van der Waals surface area contributed by atoms with E-state index in [0.29, 0.717) is 5.06 Å². The Morgan fingerprint density at radius 3 is 2.00 bits per heavy atom. The molecule has 0 unspecified atom stereocenters. The van der Waals surface area contributed by atoms with E-state index in [9.17, 15) is 14.8 Å². The van der Waals surface area contributed by atoms with Crippen LogP contribution in [0.25, 0.3) is 0 Å². The van der Waals surface area contributed by atoms with Crippen LogP contribution < -0.4 is 0 Å². The highest BCUT2D eigenvalue weighted by Crippen LogP contribution is 2.26. The second-order valence-corrected chi connectivity index (χ2v) is 5.99. The summed E-state index contributed by atoms with van der Waals surface area (Å²) in [6, 6.07) is 4.01. The van der Waals surface area contributed by atoms with Crippen LogP contribution in [-0.2, 0) is 20.7 Å². The van der Waals surface area contributed by atoms with E-state index in [1.807, 2.05) is 32.9 Å². The first-order valence-electron chi connectivity index (χ1n) is 7.90. The molecule has 0 bridgehead atoms. The summed E-state index contributed by atoms with van der Waals surface area (Å²) < 4.78 is 4.79. The fourth-order valence-electron chi connectivity index (χ4n) is 3.07. The molecule has 0 aromatic heterocycles. The third kappa shape index (κ3) is 3.72. The van der Waals surface area contributed by atoms with Crippen LogP contribution in [0, 0.1) is 20.8 Å². The Morgan fingerprint density at radius 1 is 1.13 bits per heavy atom. The normalized spacial score (nSPS) is 11.3. The summed E-state index contributed by atoms with van der Waals surface area (Å²) >= 11 is 0. The molecule has 1 amide bonds. The third-order valence-corrected chi connectivity index (χ3v) is 4.55. The molecule has 0 saturated carbocycles. The quantitative estimate of drug-likeness (QED) is 0.497. The van der Waals surface area contributed by atoms with Gasteiger partial charge in [0.1, 0.15) is 0 Å². The Bertz CT molecular complexity index is 568. The molecule has 5 nitrogen and oxygen atoms in total. The van der Waals surface area contributed by atoms with Crippen molar-refractivity contribution >= 4 is 11.9 Å². The van der Waals surface area contributed by atoms with Gasteiger partial charge in [-0.2, -0.15) is 0 Å². The fourth-order valence-corrected chi connectivity index (χ4v) is 3.07. The van der Waals surface area contributed by atoms with E-state index in [2.05, 4.69) is 0 Å². The van der Waals surface area contributed by atoms with Gasteiger partial charge in [-0.1, -0.05) is 31.5 Å². The molecule has 23 heavy (non-hydrogen) atoms. The number of carbonyl (C=O) groups is 2. The minimum Gasteiger partial charge on any atom is -0.467 e. The molecular weight excluding hydrogens is 294 g/mol. The first-order chi connectivity index (χ1) is 10.7. The molecule has 0 radical (unpaired) electrons. The fraction of sp³-hybridized carbons (Fsp3) is 0.556. The Hall–Kier alpha value is -1.88. The van der Waals surface area contributed by atoms with Crippen molar-refractivity contribution in [2.24, 2.45) is 0 Å². The van der Waals surface area contributed by atoms with Crippen molar-refractivity contribution in [3.05, 3.63) is 34.4 Å². The Labute approximate surface area is 138 Å². The van der Waals surface area contributed by atoms with Gasteiger partial charge in [0.2, 0.25) is 0 Å². The monoisotopic (exact) mass is 321 g/mol. The number of amides is 1. The summed E-state index contributed by atoms with van der Waals surface area (Å²) in [5, 5.41) is 11.0. The topological polar surface area (TPSA) is 66.8 Å². The van der Waals surface area contributed by atoms with Gasteiger partial charge in [-0.05, 0) is 50.3 Å². The van der Waals surface area contributed by atoms with Gasteiger partial charge in [-0.3, -0.25) is 10.0 Å². The zero-order valence-corrected chi connectivity index (χ0v) is 14.9. The molecule has 0 fully saturated rings. The van der Waals surface area contributed by atoms with Crippen LogP contribution in [0.5, 0.6) is 0 Å². The molecule has 1 aromatic carbocycles. The highest BCUT2D eigenvalue weighted by molar-refractivity contribution is 5.88. The largest absolute Gasteiger partial charge is 0.467 e. The lowest BCUT2D eigenvalue weighted by atomic mass is 9.91. The average molecular weight is 321 g/mol. The van der Waals surface area contributed by atoms with Gasteiger partial charge in [0.05, 0.1) is 13.5 Å². The van der Waals surface area contributed by atoms with Crippen molar-refractivity contribution in [2.45, 2.75) is 59.4 Å². The molecule has 128 valence electrons. The molecule has 1 N–H and O–H groups in total. The molecule has 0 heterocycles. The predicted octanol–water partition coefficient (Wildman–Crippen LogP) is 3.10. The summed E-state index contributed by atoms with van der Waals surface area (Å²) in [6.45, 7) is 9.38. The van der Waals surface area contributed by atoms with Crippen molar-refractivity contribution < 1.29 is 19.5 Å². The number of hydrogen-bond donors (Lipinski definition) is 1. The molecular formula is C18H27NO4. The Morgan fingerprint density at radius 2 is 1.61 bits per heavy atom. The van der Waals surface area contributed by atoms with Crippen molar-refractivity contribution in [1.82, 2.24) is 5.06 Å². The van der Waals surface area contributed by atoms with Crippen molar-refractivity contribution in [2.75, 3.05) is 7.11 Å². The van der Waals surface area contributed by atoms with Gasteiger partial charge < -0.3 is 4.74 Å². The molecule has 5 heteroatoms. The molecule has 0 atom stereocenters. The maximum atomic E-state index is 12.6.